The molecule has 0 bridgehead atoms. The minimum atomic E-state index is -0.971. The summed E-state index contributed by atoms with van der Waals surface area (Å²) >= 11 is 0. The molecule has 0 spiro atoms. The zero-order valence-electron chi connectivity index (χ0n) is 23.6. The molecular formula is C31H46O6. The highest BCUT2D eigenvalue weighted by molar-refractivity contribution is 5.88. The van der Waals surface area contributed by atoms with Crippen molar-refractivity contribution in [2.45, 2.75) is 112 Å². The van der Waals surface area contributed by atoms with Crippen LogP contribution < -0.4 is 0 Å². The van der Waals surface area contributed by atoms with E-state index in [1.165, 1.54) is 12.5 Å². The van der Waals surface area contributed by atoms with E-state index in [0.29, 0.717) is 36.8 Å². The van der Waals surface area contributed by atoms with Crippen LogP contribution in [-0.2, 0) is 14.3 Å². The predicted molar refractivity (Wildman–Crippen MR) is 143 cm³/mol. The maximum absolute atomic E-state index is 12.6. The molecule has 0 amide bonds. The fourth-order valence-electron chi connectivity index (χ4n) is 8.95. The van der Waals surface area contributed by atoms with Crippen LogP contribution in [0.3, 0.4) is 0 Å². The van der Waals surface area contributed by atoms with E-state index in [0.717, 1.165) is 24.8 Å². The van der Waals surface area contributed by atoms with Gasteiger partial charge in [0.25, 0.3) is 0 Å². The van der Waals surface area contributed by atoms with Crippen molar-refractivity contribution in [3.8, 4) is 0 Å². The van der Waals surface area contributed by atoms with E-state index in [9.17, 15) is 24.9 Å². The third kappa shape index (κ3) is 4.23. The smallest absolute Gasteiger partial charge is 0.331 e. The SMILES string of the molecule is CC(=O)O[C@H]1C[C@]2(C)C3=CC[C@H]4[C@H](C)[C@H](O)CC[C@]4(C)[C@@]3(C)[C@H](O)C[C@H]2/C1=C(/CCC=C(C)C)C(=O)O. The van der Waals surface area contributed by atoms with Crippen LogP contribution in [0.4, 0.5) is 0 Å². The quantitative estimate of drug-likeness (QED) is 0.251. The molecular weight excluding hydrogens is 468 g/mol. The van der Waals surface area contributed by atoms with E-state index in [-0.39, 0.29) is 29.3 Å². The van der Waals surface area contributed by atoms with Gasteiger partial charge in [-0.2, -0.15) is 0 Å². The van der Waals surface area contributed by atoms with Crippen molar-refractivity contribution in [2.24, 2.45) is 34.0 Å². The summed E-state index contributed by atoms with van der Waals surface area (Å²) in [6, 6.07) is 0. The van der Waals surface area contributed by atoms with Crippen LogP contribution in [0, 0.1) is 34.0 Å². The average molecular weight is 515 g/mol. The van der Waals surface area contributed by atoms with Gasteiger partial charge in [-0.25, -0.2) is 4.79 Å². The second-order valence-corrected chi connectivity index (χ2v) is 13.1. The molecule has 0 aromatic heterocycles. The molecule has 9 atom stereocenters. The summed E-state index contributed by atoms with van der Waals surface area (Å²) in [6.45, 7) is 14.2. The number of rotatable bonds is 5. The molecule has 0 saturated heterocycles. The fraction of sp³-hybridized carbons (Fsp3) is 0.742. The van der Waals surface area contributed by atoms with Crippen molar-refractivity contribution in [2.75, 3.05) is 0 Å². The van der Waals surface area contributed by atoms with E-state index in [1.54, 1.807) is 0 Å². The second kappa shape index (κ2) is 9.68. The number of aliphatic hydroxyl groups is 2. The number of hydrogen-bond donors (Lipinski definition) is 3. The van der Waals surface area contributed by atoms with Gasteiger partial charge in [-0.05, 0) is 93.0 Å². The molecule has 4 rings (SSSR count). The summed E-state index contributed by atoms with van der Waals surface area (Å²) < 4.78 is 5.83. The molecule has 3 saturated carbocycles. The molecule has 4 aliphatic carbocycles. The number of aliphatic carboxylic acids is 1. The Labute approximate surface area is 221 Å². The molecule has 0 aliphatic heterocycles. The zero-order chi connectivity index (χ0) is 27.5. The minimum Gasteiger partial charge on any atom is -0.478 e. The highest BCUT2D eigenvalue weighted by Crippen LogP contribution is 2.72. The van der Waals surface area contributed by atoms with Crippen LogP contribution in [0.25, 0.3) is 0 Å². The summed E-state index contributed by atoms with van der Waals surface area (Å²) in [5.74, 6) is -1.19. The molecule has 3 N–H and O–H groups in total. The molecule has 3 fully saturated rings. The maximum atomic E-state index is 12.6. The minimum absolute atomic E-state index is 0.146. The Kier molecular flexibility index (Phi) is 7.35. The fourth-order valence-corrected chi connectivity index (χ4v) is 8.95. The molecule has 0 aromatic carbocycles. The third-order valence-electron chi connectivity index (χ3n) is 11.0. The van der Waals surface area contributed by atoms with E-state index in [1.807, 2.05) is 19.9 Å². The normalized spacial score (nSPS) is 44.1. The second-order valence-electron chi connectivity index (χ2n) is 13.1. The lowest BCUT2D eigenvalue weighted by Crippen LogP contribution is -2.63. The Balaban J connectivity index is 1.86. The molecule has 206 valence electrons. The largest absolute Gasteiger partial charge is 0.478 e. The lowest BCUT2D eigenvalue weighted by atomic mass is 9.39. The Hall–Kier alpha value is -1.92. The molecule has 37 heavy (non-hydrogen) atoms. The molecule has 0 unspecified atom stereocenters. The number of aliphatic hydroxyl groups excluding tert-OH is 2. The van der Waals surface area contributed by atoms with Crippen LogP contribution in [0.15, 0.2) is 34.4 Å². The van der Waals surface area contributed by atoms with Gasteiger partial charge in [-0.15, -0.1) is 0 Å². The number of hydrogen-bond acceptors (Lipinski definition) is 5. The molecule has 4 aliphatic rings. The number of esters is 1. The molecule has 0 radical (unpaired) electrons. The van der Waals surface area contributed by atoms with Gasteiger partial charge in [0.2, 0.25) is 0 Å². The van der Waals surface area contributed by atoms with Crippen LogP contribution in [0.1, 0.15) is 93.4 Å². The van der Waals surface area contributed by atoms with Crippen molar-refractivity contribution >= 4 is 11.9 Å². The van der Waals surface area contributed by atoms with Crippen molar-refractivity contribution in [1.82, 2.24) is 0 Å². The number of ether oxygens (including phenoxy) is 1. The van der Waals surface area contributed by atoms with Gasteiger partial charge >= 0.3 is 11.9 Å². The summed E-state index contributed by atoms with van der Waals surface area (Å²) in [5, 5.41) is 32.9. The van der Waals surface area contributed by atoms with Crippen molar-refractivity contribution < 1.29 is 29.6 Å². The monoisotopic (exact) mass is 514 g/mol. The van der Waals surface area contributed by atoms with Crippen LogP contribution >= 0.6 is 0 Å². The van der Waals surface area contributed by atoms with E-state index in [4.69, 9.17) is 4.74 Å². The van der Waals surface area contributed by atoms with Gasteiger partial charge in [0.1, 0.15) is 6.10 Å². The Morgan fingerprint density at radius 3 is 2.43 bits per heavy atom. The maximum Gasteiger partial charge on any atom is 0.331 e. The first-order valence-electron chi connectivity index (χ1n) is 14.0. The molecule has 0 heterocycles. The Bertz CT molecular complexity index is 1050. The van der Waals surface area contributed by atoms with Gasteiger partial charge < -0.3 is 20.1 Å². The van der Waals surface area contributed by atoms with Gasteiger partial charge in [0.15, 0.2) is 0 Å². The van der Waals surface area contributed by atoms with E-state index < -0.39 is 35.0 Å². The van der Waals surface area contributed by atoms with E-state index in [2.05, 4.69) is 33.8 Å². The van der Waals surface area contributed by atoms with Gasteiger partial charge in [-0.3, -0.25) is 4.79 Å². The lowest BCUT2D eigenvalue weighted by molar-refractivity contribution is -0.159. The standard InChI is InChI=1S/C31H46O6/c1-17(2)9-8-10-20(28(35)36)27-22-15-26(34)31(7)25(29(22,5)16-24(27)37-19(4)32)12-11-21-18(3)23(33)13-14-30(21,31)6/h9,12,18,21-24,26,33-34H,8,10-11,13-16H2,1-7H3,(H,35,36)/b27-20+/t18-,21-,22-,23+,24-,26+,29-,30-,31+/m0/s1. The number of fused-ring (bicyclic) bond motifs is 5. The molecule has 6 nitrogen and oxygen atoms in total. The summed E-state index contributed by atoms with van der Waals surface area (Å²) in [5.41, 5.74) is 2.22. The third-order valence-corrected chi connectivity index (χ3v) is 11.0. The summed E-state index contributed by atoms with van der Waals surface area (Å²) in [6.07, 6.45) is 7.05. The van der Waals surface area contributed by atoms with Crippen molar-refractivity contribution in [1.29, 1.82) is 0 Å². The summed E-state index contributed by atoms with van der Waals surface area (Å²) in [7, 11) is 0. The van der Waals surface area contributed by atoms with Gasteiger partial charge in [-0.1, -0.05) is 51.0 Å². The Morgan fingerprint density at radius 1 is 1.16 bits per heavy atom. The topological polar surface area (TPSA) is 104 Å². The van der Waals surface area contributed by atoms with E-state index >= 15 is 0 Å². The molecule has 0 aromatic rings. The van der Waals surface area contributed by atoms with Crippen LogP contribution in [0.5, 0.6) is 0 Å². The first kappa shape index (κ1) is 28.1. The van der Waals surface area contributed by atoms with Crippen LogP contribution in [-0.4, -0.2) is 45.6 Å². The van der Waals surface area contributed by atoms with Crippen molar-refractivity contribution in [3.05, 3.63) is 34.4 Å². The molecule has 6 heteroatoms. The first-order chi connectivity index (χ1) is 17.2. The number of carboxylic acid groups (broad SMARTS) is 1. The predicted octanol–water partition coefficient (Wildman–Crippen LogP) is 5.59. The first-order valence-corrected chi connectivity index (χ1v) is 14.0. The van der Waals surface area contributed by atoms with Gasteiger partial charge in [0.05, 0.1) is 12.2 Å². The number of carbonyl (C=O) groups is 2. The number of carboxylic acids is 1. The lowest BCUT2D eigenvalue weighted by Gasteiger charge is -2.66. The highest BCUT2D eigenvalue weighted by atomic mass is 16.5. The zero-order valence-corrected chi connectivity index (χ0v) is 23.6. The van der Waals surface area contributed by atoms with Crippen LogP contribution in [0.2, 0.25) is 0 Å². The average Bonchev–Trinajstić information content (AvgIpc) is 3.06. The number of carbonyl (C=O) groups excluding carboxylic acids is 1. The highest BCUT2D eigenvalue weighted by Gasteiger charge is 2.68. The van der Waals surface area contributed by atoms with Crippen molar-refractivity contribution in [3.63, 3.8) is 0 Å². The summed E-state index contributed by atoms with van der Waals surface area (Å²) in [4.78, 5) is 24.8. The number of allylic oxidation sites excluding steroid dienone is 3. The Morgan fingerprint density at radius 2 is 1.84 bits per heavy atom. The van der Waals surface area contributed by atoms with Gasteiger partial charge in [0, 0.05) is 17.9 Å².